The molecule has 16 heavy (non-hydrogen) atoms. The van der Waals surface area contributed by atoms with Crippen molar-refractivity contribution in [1.29, 1.82) is 0 Å². The summed E-state index contributed by atoms with van der Waals surface area (Å²) in [5, 5.41) is 4.09. The summed E-state index contributed by atoms with van der Waals surface area (Å²) < 4.78 is 6.92. The minimum absolute atomic E-state index is 0.141. The lowest BCUT2D eigenvalue weighted by atomic mass is 10.0. The van der Waals surface area contributed by atoms with Gasteiger partial charge >= 0.3 is 0 Å². The van der Waals surface area contributed by atoms with Gasteiger partial charge in [-0.1, -0.05) is 0 Å². The van der Waals surface area contributed by atoms with Crippen molar-refractivity contribution < 1.29 is 4.74 Å². The Labute approximate surface area is 91.3 Å². The van der Waals surface area contributed by atoms with Crippen LogP contribution in [-0.2, 0) is 4.74 Å². The number of hydrogen-bond acceptors (Lipinski definition) is 4. The van der Waals surface area contributed by atoms with Crippen LogP contribution in [0.15, 0.2) is 11.1 Å². The lowest BCUT2D eigenvalue weighted by Gasteiger charge is -2.02. The van der Waals surface area contributed by atoms with Gasteiger partial charge in [-0.3, -0.25) is 4.79 Å². The van der Waals surface area contributed by atoms with E-state index in [0.29, 0.717) is 12.1 Å². The van der Waals surface area contributed by atoms with Crippen LogP contribution in [0.1, 0.15) is 23.9 Å². The van der Waals surface area contributed by atoms with E-state index in [9.17, 15) is 4.79 Å². The van der Waals surface area contributed by atoms with E-state index in [-0.39, 0.29) is 11.5 Å². The maximum Gasteiger partial charge on any atom is 0.277 e. The molecule has 3 rings (SSSR count). The molecule has 1 fully saturated rings. The molecule has 2 aromatic heterocycles. The Kier molecular flexibility index (Phi) is 2.03. The van der Waals surface area contributed by atoms with Gasteiger partial charge in [0.25, 0.3) is 5.56 Å². The second kappa shape index (κ2) is 3.41. The van der Waals surface area contributed by atoms with Crippen LogP contribution < -0.4 is 5.56 Å². The molecule has 0 aliphatic carbocycles. The van der Waals surface area contributed by atoms with Gasteiger partial charge in [0, 0.05) is 12.5 Å². The average molecular weight is 220 g/mol. The zero-order valence-electron chi connectivity index (χ0n) is 8.93. The molecule has 6 heteroatoms. The fraction of sp³-hybridized carbons (Fsp3) is 0.500. The number of imidazole rings is 1. The van der Waals surface area contributed by atoms with Crippen molar-refractivity contribution in [2.75, 3.05) is 13.2 Å². The monoisotopic (exact) mass is 220 g/mol. The van der Waals surface area contributed by atoms with Crippen molar-refractivity contribution in [3.8, 4) is 0 Å². The van der Waals surface area contributed by atoms with Crippen molar-refractivity contribution in [1.82, 2.24) is 19.6 Å². The fourth-order valence-corrected chi connectivity index (χ4v) is 2.15. The number of aromatic amines is 1. The SMILES string of the molecule is Cc1nc([C@@H]2CCOC2)c2c(=O)[nH]cnn12. The lowest BCUT2D eigenvalue weighted by molar-refractivity contribution is 0.193. The molecule has 0 unspecified atom stereocenters. The van der Waals surface area contributed by atoms with Gasteiger partial charge in [0.15, 0.2) is 5.52 Å². The van der Waals surface area contributed by atoms with Crippen LogP contribution in [-0.4, -0.2) is 32.8 Å². The third-order valence-corrected chi connectivity index (χ3v) is 2.94. The summed E-state index contributed by atoms with van der Waals surface area (Å²) in [7, 11) is 0. The van der Waals surface area contributed by atoms with Crippen molar-refractivity contribution in [3.63, 3.8) is 0 Å². The van der Waals surface area contributed by atoms with Crippen LogP contribution in [0.2, 0.25) is 0 Å². The molecule has 1 N–H and O–H groups in total. The highest BCUT2D eigenvalue weighted by Gasteiger charge is 2.25. The van der Waals surface area contributed by atoms with E-state index in [4.69, 9.17) is 4.74 Å². The highest BCUT2D eigenvalue weighted by molar-refractivity contribution is 5.51. The summed E-state index contributed by atoms with van der Waals surface area (Å²) in [6.07, 6.45) is 2.30. The summed E-state index contributed by atoms with van der Waals surface area (Å²) in [6, 6.07) is 0. The number of aryl methyl sites for hydroxylation is 1. The molecule has 2 aromatic rings. The minimum Gasteiger partial charge on any atom is -0.381 e. The molecule has 84 valence electrons. The van der Waals surface area contributed by atoms with Crippen LogP contribution in [0.4, 0.5) is 0 Å². The highest BCUT2D eigenvalue weighted by atomic mass is 16.5. The second-order valence-electron chi connectivity index (χ2n) is 3.98. The van der Waals surface area contributed by atoms with Gasteiger partial charge in [-0.2, -0.15) is 5.10 Å². The molecule has 0 saturated carbocycles. The molecule has 0 spiro atoms. The fourth-order valence-electron chi connectivity index (χ4n) is 2.15. The molecular formula is C10H12N4O2. The molecule has 1 aliphatic rings. The van der Waals surface area contributed by atoms with Gasteiger partial charge in [0.05, 0.1) is 12.3 Å². The van der Waals surface area contributed by atoms with Crippen LogP contribution in [0.3, 0.4) is 0 Å². The van der Waals surface area contributed by atoms with Gasteiger partial charge in [-0.15, -0.1) is 0 Å². The van der Waals surface area contributed by atoms with E-state index in [1.807, 2.05) is 6.92 Å². The quantitative estimate of drug-likeness (QED) is 0.746. The Balaban J connectivity index is 2.28. The van der Waals surface area contributed by atoms with E-state index < -0.39 is 0 Å². The van der Waals surface area contributed by atoms with Crippen LogP contribution in [0.25, 0.3) is 5.52 Å². The third-order valence-electron chi connectivity index (χ3n) is 2.94. The van der Waals surface area contributed by atoms with Crippen LogP contribution in [0, 0.1) is 6.92 Å². The molecule has 1 atom stereocenters. The van der Waals surface area contributed by atoms with Gasteiger partial charge in [0.2, 0.25) is 0 Å². The number of nitrogens with zero attached hydrogens (tertiary/aromatic N) is 3. The predicted octanol–water partition coefficient (Wildman–Crippen LogP) is 0.230. The summed E-state index contributed by atoms with van der Waals surface area (Å²) in [5.74, 6) is 0.956. The predicted molar refractivity (Wildman–Crippen MR) is 56.5 cm³/mol. The number of ether oxygens (including phenoxy) is 1. The standard InChI is InChI=1S/C10H12N4O2/c1-6-13-8(7-2-3-16-4-7)9-10(15)11-5-12-14(6)9/h5,7H,2-4H2,1H3,(H,11,12,15)/t7-/m1/s1. The molecule has 0 amide bonds. The minimum atomic E-state index is -0.141. The molecule has 1 saturated heterocycles. The Morgan fingerprint density at radius 3 is 3.25 bits per heavy atom. The number of nitrogens with one attached hydrogen (secondary N) is 1. The van der Waals surface area contributed by atoms with Gasteiger partial charge in [-0.05, 0) is 13.3 Å². The summed E-state index contributed by atoms with van der Waals surface area (Å²) in [6.45, 7) is 3.22. The molecule has 1 aliphatic heterocycles. The van der Waals surface area contributed by atoms with Crippen molar-refractivity contribution in [2.24, 2.45) is 0 Å². The molecule has 3 heterocycles. The highest BCUT2D eigenvalue weighted by Crippen LogP contribution is 2.26. The largest absolute Gasteiger partial charge is 0.381 e. The van der Waals surface area contributed by atoms with E-state index in [1.165, 1.54) is 6.33 Å². The zero-order valence-corrected chi connectivity index (χ0v) is 8.93. The number of rotatable bonds is 1. The van der Waals surface area contributed by atoms with E-state index in [2.05, 4.69) is 15.1 Å². The Hall–Kier alpha value is -1.69. The smallest absolute Gasteiger partial charge is 0.277 e. The first-order chi connectivity index (χ1) is 7.77. The number of hydrogen-bond donors (Lipinski definition) is 1. The van der Waals surface area contributed by atoms with Crippen molar-refractivity contribution in [2.45, 2.75) is 19.3 Å². The summed E-state index contributed by atoms with van der Waals surface area (Å²) in [5.41, 5.74) is 1.22. The average Bonchev–Trinajstić information content (AvgIpc) is 2.87. The molecule has 0 bridgehead atoms. The van der Waals surface area contributed by atoms with Gasteiger partial charge < -0.3 is 9.72 Å². The lowest BCUT2D eigenvalue weighted by Crippen LogP contribution is -2.13. The first-order valence-corrected chi connectivity index (χ1v) is 5.28. The van der Waals surface area contributed by atoms with Crippen LogP contribution in [0.5, 0.6) is 0 Å². The molecule has 0 radical (unpaired) electrons. The molecular weight excluding hydrogens is 208 g/mol. The maximum atomic E-state index is 11.8. The van der Waals surface area contributed by atoms with Crippen molar-refractivity contribution >= 4 is 5.52 Å². The zero-order chi connectivity index (χ0) is 11.1. The number of aromatic nitrogens is 4. The van der Waals surface area contributed by atoms with Gasteiger partial charge in [-0.25, -0.2) is 9.50 Å². The first kappa shape index (κ1) is 9.53. The Morgan fingerprint density at radius 1 is 1.62 bits per heavy atom. The summed E-state index contributed by atoms with van der Waals surface area (Å²) in [4.78, 5) is 18.8. The Bertz CT molecular complexity index is 580. The van der Waals surface area contributed by atoms with Crippen LogP contribution >= 0.6 is 0 Å². The normalized spacial score (nSPS) is 20.7. The maximum absolute atomic E-state index is 11.8. The third kappa shape index (κ3) is 1.26. The van der Waals surface area contributed by atoms with Gasteiger partial charge in [0.1, 0.15) is 12.2 Å². The van der Waals surface area contributed by atoms with E-state index >= 15 is 0 Å². The molecule has 6 nitrogen and oxygen atoms in total. The van der Waals surface area contributed by atoms with Crippen molar-refractivity contribution in [3.05, 3.63) is 28.2 Å². The number of H-pyrrole nitrogens is 1. The van der Waals surface area contributed by atoms with E-state index in [0.717, 1.165) is 24.5 Å². The number of fused-ring (bicyclic) bond motifs is 1. The Morgan fingerprint density at radius 2 is 2.50 bits per heavy atom. The first-order valence-electron chi connectivity index (χ1n) is 5.28. The molecule has 0 aromatic carbocycles. The second-order valence-corrected chi connectivity index (χ2v) is 3.98. The topological polar surface area (TPSA) is 72.3 Å². The van der Waals surface area contributed by atoms with E-state index in [1.54, 1.807) is 4.52 Å². The summed E-state index contributed by atoms with van der Waals surface area (Å²) >= 11 is 0.